The van der Waals surface area contributed by atoms with Crippen molar-refractivity contribution in [3.8, 4) is 0 Å². The van der Waals surface area contributed by atoms with Crippen LogP contribution in [0.4, 0.5) is 0 Å². The summed E-state index contributed by atoms with van der Waals surface area (Å²) < 4.78 is 0. The van der Waals surface area contributed by atoms with Crippen molar-refractivity contribution in [1.82, 2.24) is 15.0 Å². The van der Waals surface area contributed by atoms with Gasteiger partial charge in [-0.05, 0) is 19.1 Å². The van der Waals surface area contributed by atoms with Gasteiger partial charge in [0.1, 0.15) is 0 Å². The number of nitrogens with zero attached hydrogens (tertiary/aromatic N) is 2. The van der Waals surface area contributed by atoms with E-state index in [1.54, 1.807) is 0 Å². The van der Waals surface area contributed by atoms with E-state index in [9.17, 15) is 4.79 Å². The number of hydrogen-bond donors (Lipinski definition) is 2. The Labute approximate surface area is 79.8 Å². The lowest BCUT2D eigenvalue weighted by molar-refractivity contribution is 0.108. The molecule has 13 heavy (non-hydrogen) atoms. The lowest BCUT2D eigenvalue weighted by atomic mass is 10.4. The SMILES string of the molecule is Cc1ccc2[nH]c(C(=O)S)nc2n1. The van der Waals surface area contributed by atoms with Crippen molar-refractivity contribution in [3.63, 3.8) is 0 Å². The van der Waals surface area contributed by atoms with Crippen molar-refractivity contribution < 1.29 is 4.79 Å². The molecular formula is C8H7N3OS. The second-order valence-electron chi connectivity index (χ2n) is 2.71. The number of aromatic nitrogens is 3. The number of H-pyrrole nitrogens is 1. The maximum Gasteiger partial charge on any atom is 0.251 e. The van der Waals surface area contributed by atoms with Crippen molar-refractivity contribution in [2.24, 2.45) is 0 Å². The lowest BCUT2D eigenvalue weighted by Gasteiger charge is -1.88. The summed E-state index contributed by atoms with van der Waals surface area (Å²) in [5, 5.41) is -0.379. The molecule has 4 nitrogen and oxygen atoms in total. The first-order chi connectivity index (χ1) is 6.16. The van der Waals surface area contributed by atoms with Crippen LogP contribution in [-0.2, 0) is 0 Å². The fraction of sp³-hybridized carbons (Fsp3) is 0.125. The molecule has 0 aromatic carbocycles. The van der Waals surface area contributed by atoms with Gasteiger partial charge in [0.25, 0.3) is 5.12 Å². The lowest BCUT2D eigenvalue weighted by Crippen LogP contribution is -1.90. The molecule has 5 heteroatoms. The zero-order valence-electron chi connectivity index (χ0n) is 6.90. The molecule has 0 radical (unpaired) electrons. The van der Waals surface area contributed by atoms with E-state index in [1.165, 1.54) is 0 Å². The van der Waals surface area contributed by atoms with E-state index in [0.29, 0.717) is 5.65 Å². The third kappa shape index (κ3) is 1.42. The summed E-state index contributed by atoms with van der Waals surface area (Å²) in [6.07, 6.45) is 0. The minimum Gasteiger partial charge on any atom is -0.333 e. The number of carbonyl (C=O) groups excluding carboxylic acids is 1. The first-order valence-electron chi connectivity index (χ1n) is 3.73. The van der Waals surface area contributed by atoms with Crippen LogP contribution in [0.15, 0.2) is 12.1 Å². The molecule has 66 valence electrons. The molecule has 0 spiro atoms. The predicted octanol–water partition coefficient (Wildman–Crippen LogP) is 1.34. The maximum absolute atomic E-state index is 10.8. The van der Waals surface area contributed by atoms with Gasteiger partial charge >= 0.3 is 0 Å². The fourth-order valence-electron chi connectivity index (χ4n) is 1.09. The fourth-order valence-corrected chi connectivity index (χ4v) is 1.19. The first kappa shape index (κ1) is 8.25. The molecule has 0 aliphatic rings. The summed E-state index contributed by atoms with van der Waals surface area (Å²) in [5.74, 6) is 0.233. The quantitative estimate of drug-likeness (QED) is 0.672. The van der Waals surface area contributed by atoms with E-state index in [-0.39, 0.29) is 10.9 Å². The second kappa shape index (κ2) is 2.85. The second-order valence-corrected chi connectivity index (χ2v) is 3.12. The predicted molar refractivity (Wildman–Crippen MR) is 51.9 cm³/mol. The number of fused-ring (bicyclic) bond motifs is 1. The smallest absolute Gasteiger partial charge is 0.251 e. The molecule has 0 aliphatic carbocycles. The van der Waals surface area contributed by atoms with Crippen LogP contribution >= 0.6 is 12.6 Å². The minimum absolute atomic E-state index is 0.233. The average Bonchev–Trinajstić information content (AvgIpc) is 2.46. The van der Waals surface area contributed by atoms with Crippen molar-refractivity contribution in [3.05, 3.63) is 23.7 Å². The number of nitrogens with one attached hydrogen (secondary N) is 1. The molecule has 0 aliphatic heterocycles. The zero-order valence-corrected chi connectivity index (χ0v) is 7.80. The van der Waals surface area contributed by atoms with E-state index in [2.05, 4.69) is 27.6 Å². The normalized spacial score (nSPS) is 10.6. The molecule has 2 heterocycles. The van der Waals surface area contributed by atoms with Crippen LogP contribution in [0.3, 0.4) is 0 Å². The highest BCUT2D eigenvalue weighted by molar-refractivity contribution is 7.97. The third-order valence-electron chi connectivity index (χ3n) is 1.69. The summed E-state index contributed by atoms with van der Waals surface area (Å²) >= 11 is 3.66. The molecule has 0 unspecified atom stereocenters. The van der Waals surface area contributed by atoms with Gasteiger partial charge in [0.15, 0.2) is 11.5 Å². The molecule has 2 aromatic heterocycles. The number of pyridine rings is 1. The molecule has 0 atom stereocenters. The average molecular weight is 193 g/mol. The van der Waals surface area contributed by atoms with E-state index < -0.39 is 0 Å². The highest BCUT2D eigenvalue weighted by Crippen LogP contribution is 2.10. The van der Waals surface area contributed by atoms with Crippen molar-refractivity contribution in [2.45, 2.75) is 6.92 Å². The largest absolute Gasteiger partial charge is 0.333 e. The number of aromatic amines is 1. The molecule has 0 fully saturated rings. The Hall–Kier alpha value is -1.36. The summed E-state index contributed by atoms with van der Waals surface area (Å²) in [5.41, 5.74) is 2.18. The van der Waals surface area contributed by atoms with Crippen LogP contribution in [0.1, 0.15) is 16.3 Å². The van der Waals surface area contributed by atoms with Crippen LogP contribution in [0, 0.1) is 6.92 Å². The number of imidazole rings is 1. The Kier molecular flexibility index (Phi) is 1.81. The minimum atomic E-state index is -0.379. The van der Waals surface area contributed by atoms with Gasteiger partial charge in [-0.25, -0.2) is 9.97 Å². The summed E-state index contributed by atoms with van der Waals surface area (Å²) in [6.45, 7) is 1.87. The van der Waals surface area contributed by atoms with Crippen LogP contribution in [0.2, 0.25) is 0 Å². The standard InChI is InChI=1S/C8H7N3OS/c1-4-2-3-5-6(9-4)11-7(10-5)8(12)13/h2-3H,1H3,(H,12,13)(H,9,10,11). The number of carbonyl (C=O) groups is 1. The van der Waals surface area contributed by atoms with Gasteiger partial charge in [-0.15, -0.1) is 0 Å². The topological polar surface area (TPSA) is 58.6 Å². The van der Waals surface area contributed by atoms with Gasteiger partial charge in [0, 0.05) is 5.69 Å². The van der Waals surface area contributed by atoms with Gasteiger partial charge in [-0.1, -0.05) is 12.6 Å². The summed E-state index contributed by atoms with van der Waals surface area (Å²) in [7, 11) is 0. The molecule has 1 N–H and O–H groups in total. The molecule has 2 aromatic rings. The van der Waals surface area contributed by atoms with Crippen LogP contribution in [0.5, 0.6) is 0 Å². The Morgan fingerprint density at radius 3 is 2.92 bits per heavy atom. The Morgan fingerprint density at radius 2 is 2.23 bits per heavy atom. The van der Waals surface area contributed by atoms with E-state index in [4.69, 9.17) is 0 Å². The maximum atomic E-state index is 10.8. The van der Waals surface area contributed by atoms with Crippen LogP contribution in [0.25, 0.3) is 11.2 Å². The van der Waals surface area contributed by atoms with Gasteiger partial charge in [0.05, 0.1) is 5.52 Å². The third-order valence-corrected chi connectivity index (χ3v) is 1.90. The molecule has 0 amide bonds. The number of rotatable bonds is 1. The van der Waals surface area contributed by atoms with Gasteiger partial charge in [-0.2, -0.15) is 0 Å². The zero-order chi connectivity index (χ0) is 9.42. The van der Waals surface area contributed by atoms with Crippen molar-refractivity contribution in [2.75, 3.05) is 0 Å². The van der Waals surface area contributed by atoms with Crippen molar-refractivity contribution >= 4 is 28.9 Å². The van der Waals surface area contributed by atoms with Crippen LogP contribution in [-0.4, -0.2) is 20.1 Å². The molecule has 0 bridgehead atoms. The summed E-state index contributed by atoms with van der Waals surface area (Å²) in [4.78, 5) is 21.8. The highest BCUT2D eigenvalue weighted by atomic mass is 32.1. The summed E-state index contributed by atoms with van der Waals surface area (Å²) in [6, 6.07) is 3.69. The van der Waals surface area contributed by atoms with Crippen LogP contribution < -0.4 is 0 Å². The van der Waals surface area contributed by atoms with Crippen molar-refractivity contribution in [1.29, 1.82) is 0 Å². The number of aryl methyl sites for hydroxylation is 1. The van der Waals surface area contributed by atoms with E-state index in [0.717, 1.165) is 11.2 Å². The molecule has 0 saturated carbocycles. The highest BCUT2D eigenvalue weighted by Gasteiger charge is 2.07. The Balaban J connectivity index is 2.68. The first-order valence-corrected chi connectivity index (χ1v) is 4.18. The Morgan fingerprint density at radius 1 is 1.46 bits per heavy atom. The molecule has 0 saturated heterocycles. The molecule has 2 rings (SSSR count). The number of thiol groups is 1. The Bertz CT molecular complexity index is 477. The monoisotopic (exact) mass is 193 g/mol. The van der Waals surface area contributed by atoms with E-state index in [1.807, 2.05) is 19.1 Å². The van der Waals surface area contributed by atoms with Gasteiger partial charge in [0.2, 0.25) is 0 Å². The van der Waals surface area contributed by atoms with E-state index >= 15 is 0 Å². The van der Waals surface area contributed by atoms with Gasteiger partial charge in [-0.3, -0.25) is 4.79 Å². The number of hydrogen-bond acceptors (Lipinski definition) is 3. The molecular weight excluding hydrogens is 186 g/mol. The van der Waals surface area contributed by atoms with Gasteiger partial charge < -0.3 is 4.98 Å².